The molecule has 2 aliphatic rings. The Morgan fingerprint density at radius 1 is 1.10 bits per heavy atom. The zero-order valence-electron chi connectivity index (χ0n) is 16.1. The fourth-order valence-corrected chi connectivity index (χ4v) is 3.67. The average Bonchev–Trinajstić information content (AvgIpc) is 3.05. The smallest absolute Gasteiger partial charge is 0.352 e. The predicted molar refractivity (Wildman–Crippen MR) is 107 cm³/mol. The van der Waals surface area contributed by atoms with Gasteiger partial charge in [0.1, 0.15) is 5.82 Å². The van der Waals surface area contributed by atoms with Crippen LogP contribution in [0.2, 0.25) is 0 Å². The molecule has 4 rings (SSSR count). The highest BCUT2D eigenvalue weighted by Crippen LogP contribution is 2.35. The third kappa shape index (κ3) is 4.54. The van der Waals surface area contributed by atoms with Crippen molar-refractivity contribution in [3.63, 3.8) is 0 Å². The number of nitrogens with zero attached hydrogens (tertiary/aromatic N) is 3. The largest absolute Gasteiger partial charge is 0.423 e. The number of carbonyl (C=O) groups excluding carboxylic acids is 1. The van der Waals surface area contributed by atoms with Crippen molar-refractivity contribution in [3.8, 4) is 5.75 Å². The summed E-state index contributed by atoms with van der Waals surface area (Å²) in [4.78, 5) is 28.7. The van der Waals surface area contributed by atoms with E-state index in [0.29, 0.717) is 30.9 Å². The normalized spacial score (nSPS) is 19.0. The first-order valence-corrected chi connectivity index (χ1v) is 9.82. The maximum atomic E-state index is 13.1. The van der Waals surface area contributed by atoms with E-state index in [-0.39, 0.29) is 11.7 Å². The zero-order chi connectivity index (χ0) is 20.2. The first-order chi connectivity index (χ1) is 14.1. The molecule has 1 unspecified atom stereocenters. The Labute approximate surface area is 168 Å². The predicted octanol–water partition coefficient (Wildman–Crippen LogP) is 2.28. The van der Waals surface area contributed by atoms with Crippen molar-refractivity contribution in [2.75, 3.05) is 44.2 Å². The summed E-state index contributed by atoms with van der Waals surface area (Å²) in [6.45, 7) is 3.81. The lowest BCUT2D eigenvalue weighted by Crippen LogP contribution is -2.49. The van der Waals surface area contributed by atoms with E-state index < -0.39 is 6.23 Å². The van der Waals surface area contributed by atoms with E-state index >= 15 is 0 Å². The van der Waals surface area contributed by atoms with Crippen molar-refractivity contribution in [2.24, 2.45) is 0 Å². The highest BCUT2D eigenvalue weighted by Gasteiger charge is 2.39. The van der Waals surface area contributed by atoms with Gasteiger partial charge in [-0.1, -0.05) is 12.1 Å². The number of anilines is 1. The van der Waals surface area contributed by atoms with Crippen LogP contribution in [0.5, 0.6) is 5.75 Å². The van der Waals surface area contributed by atoms with Crippen LogP contribution in [0.3, 0.4) is 0 Å². The lowest BCUT2D eigenvalue weighted by atomic mass is 10.2. The molecule has 1 saturated heterocycles. The second-order valence-corrected chi connectivity index (χ2v) is 7.24. The lowest BCUT2D eigenvalue weighted by molar-refractivity contribution is -0.529. The molecule has 29 heavy (non-hydrogen) atoms. The zero-order valence-corrected chi connectivity index (χ0v) is 16.1. The number of halogens is 1. The molecule has 1 amide bonds. The van der Waals surface area contributed by atoms with Gasteiger partial charge in [0.25, 0.3) is 0 Å². The Morgan fingerprint density at radius 2 is 1.83 bits per heavy atom. The summed E-state index contributed by atoms with van der Waals surface area (Å²) in [5.74, 6) is 0.280. The number of carbonyl (C=O) groups is 1. The van der Waals surface area contributed by atoms with Crippen LogP contribution in [-0.4, -0.2) is 61.1 Å². The summed E-state index contributed by atoms with van der Waals surface area (Å²) in [5, 5.41) is 2.87. The van der Waals surface area contributed by atoms with Crippen LogP contribution in [0, 0.1) is 10.7 Å². The van der Waals surface area contributed by atoms with Crippen molar-refractivity contribution in [1.29, 1.82) is 0 Å². The van der Waals surface area contributed by atoms with Gasteiger partial charge in [-0.15, -0.1) is 0 Å². The summed E-state index contributed by atoms with van der Waals surface area (Å²) in [6.07, 6.45) is -0.186. The molecule has 1 fully saturated rings. The molecule has 0 aliphatic carbocycles. The third-order valence-electron chi connectivity index (χ3n) is 5.27. The minimum atomic E-state index is -0.605. The van der Waals surface area contributed by atoms with E-state index in [0.717, 1.165) is 36.6 Å². The molecule has 0 saturated carbocycles. The first kappa shape index (κ1) is 19.3. The van der Waals surface area contributed by atoms with Gasteiger partial charge in [-0.25, -0.2) is 4.39 Å². The van der Waals surface area contributed by atoms with Gasteiger partial charge in [-0.3, -0.25) is 9.69 Å². The Hall–Kier alpha value is -3.00. The molecular formula is C21H24FN4O3+. The van der Waals surface area contributed by atoms with E-state index in [1.165, 1.54) is 12.1 Å². The molecule has 1 N–H and O–H groups in total. The molecule has 0 radical (unpaired) electrons. The Bertz CT molecular complexity index is 882. The summed E-state index contributed by atoms with van der Waals surface area (Å²) in [6, 6.07) is 13.6. The number of amides is 1. The van der Waals surface area contributed by atoms with Crippen LogP contribution >= 0.6 is 0 Å². The number of hydrogen-bond acceptors (Lipinski definition) is 5. The lowest BCUT2D eigenvalue weighted by Gasteiger charge is -2.35. The van der Waals surface area contributed by atoms with Gasteiger partial charge < -0.3 is 15.0 Å². The number of para-hydroxylation sites is 2. The van der Waals surface area contributed by atoms with Gasteiger partial charge in [-0.05, 0) is 30.3 Å². The second-order valence-electron chi connectivity index (χ2n) is 7.24. The van der Waals surface area contributed by atoms with E-state index in [2.05, 4.69) is 15.1 Å². The SMILES string of the molecule is O=C(CN1CCN(c2ccc(F)cc2)CC1)NCCC1Oc2ccccc2[N+]1=O. The topological polar surface area (TPSA) is 64.9 Å². The quantitative estimate of drug-likeness (QED) is 0.755. The van der Waals surface area contributed by atoms with E-state index in [1.54, 1.807) is 30.3 Å². The van der Waals surface area contributed by atoms with Gasteiger partial charge in [0.2, 0.25) is 11.7 Å². The maximum absolute atomic E-state index is 13.1. The Kier molecular flexibility index (Phi) is 5.71. The summed E-state index contributed by atoms with van der Waals surface area (Å²) >= 11 is 0. The first-order valence-electron chi connectivity index (χ1n) is 9.82. The Morgan fingerprint density at radius 3 is 2.55 bits per heavy atom. The Balaban J connectivity index is 1.17. The second kappa shape index (κ2) is 8.57. The van der Waals surface area contributed by atoms with E-state index in [4.69, 9.17) is 4.74 Å². The fraction of sp³-hybridized carbons (Fsp3) is 0.381. The molecule has 2 heterocycles. The monoisotopic (exact) mass is 399 g/mol. The van der Waals surface area contributed by atoms with E-state index in [9.17, 15) is 14.1 Å². The van der Waals surface area contributed by atoms with Gasteiger partial charge >= 0.3 is 11.9 Å². The molecule has 0 bridgehead atoms. The van der Waals surface area contributed by atoms with Crippen molar-refractivity contribution in [1.82, 2.24) is 10.2 Å². The number of piperazine rings is 1. The molecule has 2 aromatic rings. The summed E-state index contributed by atoms with van der Waals surface area (Å²) < 4.78 is 19.5. The number of rotatable bonds is 6. The number of hydrogen-bond donors (Lipinski definition) is 1. The molecule has 2 aromatic carbocycles. The number of ether oxygens (including phenoxy) is 1. The minimum Gasteiger partial charge on any atom is -0.423 e. The van der Waals surface area contributed by atoms with Crippen LogP contribution < -0.4 is 15.0 Å². The molecule has 0 spiro atoms. The van der Waals surface area contributed by atoms with Crippen LogP contribution in [0.15, 0.2) is 48.5 Å². The molecule has 8 heteroatoms. The standard InChI is InChI=1S/C21H23FN4O3/c22-16-5-7-17(8-6-16)25-13-11-24(12-14-25)15-20(27)23-10-9-21-26(28)18-3-1-2-4-19(18)29-21/h1-8,21H,9-15H2/p+1. The van der Waals surface area contributed by atoms with Gasteiger partial charge in [0.15, 0.2) is 0 Å². The van der Waals surface area contributed by atoms with Crippen LogP contribution in [0.4, 0.5) is 15.8 Å². The number of nitrogens with one attached hydrogen (secondary N) is 1. The molecule has 0 aromatic heterocycles. The van der Waals surface area contributed by atoms with Crippen LogP contribution in [0.25, 0.3) is 0 Å². The molecule has 1 atom stereocenters. The van der Waals surface area contributed by atoms with Gasteiger partial charge in [0.05, 0.1) is 17.7 Å². The van der Waals surface area contributed by atoms with Crippen molar-refractivity contribution >= 4 is 17.3 Å². The number of nitroso groups, excluding NO2 is 1. The minimum absolute atomic E-state index is 0.0619. The summed E-state index contributed by atoms with van der Waals surface area (Å²) in [5.41, 5.74) is 1.53. The molecule has 2 aliphatic heterocycles. The molecule has 152 valence electrons. The van der Waals surface area contributed by atoms with Crippen LogP contribution in [-0.2, 0) is 4.79 Å². The van der Waals surface area contributed by atoms with Crippen LogP contribution in [0.1, 0.15) is 6.42 Å². The number of fused-ring (bicyclic) bond motifs is 1. The molecular weight excluding hydrogens is 375 g/mol. The molecule has 7 nitrogen and oxygen atoms in total. The third-order valence-corrected chi connectivity index (χ3v) is 5.27. The number of benzene rings is 2. The van der Waals surface area contributed by atoms with Gasteiger partial charge in [-0.2, -0.15) is 0 Å². The highest BCUT2D eigenvalue weighted by atomic mass is 19.1. The van der Waals surface area contributed by atoms with Crippen molar-refractivity contribution < 1.29 is 18.7 Å². The van der Waals surface area contributed by atoms with Gasteiger partial charge in [0, 0.05) is 49.4 Å². The van der Waals surface area contributed by atoms with Crippen molar-refractivity contribution in [2.45, 2.75) is 12.6 Å². The van der Waals surface area contributed by atoms with E-state index in [1.807, 2.05) is 6.07 Å². The maximum Gasteiger partial charge on any atom is 0.352 e. The fourth-order valence-electron chi connectivity index (χ4n) is 3.67. The average molecular weight is 399 g/mol. The summed E-state index contributed by atoms with van der Waals surface area (Å²) in [7, 11) is 0. The van der Waals surface area contributed by atoms with Crippen molar-refractivity contribution in [3.05, 3.63) is 59.3 Å². The highest BCUT2D eigenvalue weighted by molar-refractivity contribution is 5.78.